The highest BCUT2D eigenvalue weighted by Crippen LogP contribution is 2.35. The van der Waals surface area contributed by atoms with Gasteiger partial charge in [-0.2, -0.15) is 0 Å². The van der Waals surface area contributed by atoms with Crippen molar-refractivity contribution in [3.05, 3.63) is 39.7 Å². The number of amides is 1. The fourth-order valence-corrected chi connectivity index (χ4v) is 3.16. The van der Waals surface area contributed by atoms with Crippen LogP contribution in [0.3, 0.4) is 0 Å². The SMILES string of the molecule is NC(=O)c1cccc2oc(-c3sccc3Br)nc12. The first kappa shape index (κ1) is 11.4. The number of benzene rings is 1. The summed E-state index contributed by atoms with van der Waals surface area (Å²) in [5.41, 5.74) is 6.74. The quantitative estimate of drug-likeness (QED) is 0.785. The first-order valence-electron chi connectivity index (χ1n) is 5.09. The maximum absolute atomic E-state index is 11.3. The molecule has 0 fully saturated rings. The van der Waals surface area contributed by atoms with E-state index in [4.69, 9.17) is 10.2 Å². The van der Waals surface area contributed by atoms with Crippen LogP contribution in [0.25, 0.3) is 21.9 Å². The molecule has 0 aliphatic heterocycles. The van der Waals surface area contributed by atoms with Gasteiger partial charge in [-0.3, -0.25) is 4.79 Å². The molecular formula is C12H7BrN2O2S. The standard InChI is InChI=1S/C12H7BrN2O2S/c13-7-4-5-18-10(7)12-15-9-6(11(14)16)2-1-3-8(9)17-12/h1-5H,(H2,14,16). The summed E-state index contributed by atoms with van der Waals surface area (Å²) in [5.74, 6) is -0.0220. The highest BCUT2D eigenvalue weighted by molar-refractivity contribution is 9.10. The predicted octanol–water partition coefficient (Wildman–Crippen LogP) is 3.42. The van der Waals surface area contributed by atoms with E-state index in [-0.39, 0.29) is 0 Å². The maximum atomic E-state index is 11.3. The van der Waals surface area contributed by atoms with E-state index in [0.29, 0.717) is 22.6 Å². The van der Waals surface area contributed by atoms with Crippen molar-refractivity contribution in [3.63, 3.8) is 0 Å². The van der Waals surface area contributed by atoms with Gasteiger partial charge in [-0.05, 0) is 39.5 Å². The zero-order valence-corrected chi connectivity index (χ0v) is 11.4. The van der Waals surface area contributed by atoms with E-state index in [1.165, 1.54) is 11.3 Å². The lowest BCUT2D eigenvalue weighted by molar-refractivity contribution is 0.100. The Bertz CT molecular complexity index is 747. The summed E-state index contributed by atoms with van der Waals surface area (Å²) in [4.78, 5) is 16.6. The number of hydrogen-bond acceptors (Lipinski definition) is 4. The van der Waals surface area contributed by atoms with E-state index < -0.39 is 5.91 Å². The second kappa shape index (κ2) is 4.22. The molecule has 0 saturated heterocycles. The molecule has 6 heteroatoms. The van der Waals surface area contributed by atoms with Crippen molar-refractivity contribution < 1.29 is 9.21 Å². The Morgan fingerprint density at radius 3 is 2.89 bits per heavy atom. The summed E-state index contributed by atoms with van der Waals surface area (Å²) in [5, 5.41) is 1.93. The lowest BCUT2D eigenvalue weighted by Gasteiger charge is -1.93. The molecule has 0 saturated carbocycles. The van der Waals surface area contributed by atoms with Crippen LogP contribution < -0.4 is 5.73 Å². The average Bonchev–Trinajstić information content (AvgIpc) is 2.92. The number of carbonyl (C=O) groups excluding carboxylic acids is 1. The van der Waals surface area contributed by atoms with Crippen LogP contribution in [-0.2, 0) is 0 Å². The van der Waals surface area contributed by atoms with Crippen molar-refractivity contribution in [1.82, 2.24) is 4.98 Å². The maximum Gasteiger partial charge on any atom is 0.251 e. The van der Waals surface area contributed by atoms with Gasteiger partial charge in [0.05, 0.1) is 5.56 Å². The largest absolute Gasteiger partial charge is 0.435 e. The first-order valence-corrected chi connectivity index (χ1v) is 6.77. The van der Waals surface area contributed by atoms with Crippen LogP contribution in [0.1, 0.15) is 10.4 Å². The Labute approximate surface area is 115 Å². The number of nitrogens with zero attached hydrogens (tertiary/aromatic N) is 1. The van der Waals surface area contributed by atoms with Crippen molar-refractivity contribution in [3.8, 4) is 10.8 Å². The minimum Gasteiger partial charge on any atom is -0.435 e. The molecule has 90 valence electrons. The summed E-state index contributed by atoms with van der Waals surface area (Å²) < 4.78 is 6.56. The van der Waals surface area contributed by atoms with Gasteiger partial charge in [0.2, 0.25) is 5.89 Å². The third-order valence-corrected chi connectivity index (χ3v) is 4.32. The van der Waals surface area contributed by atoms with Crippen LogP contribution in [0.4, 0.5) is 0 Å². The molecule has 0 radical (unpaired) electrons. The minimum atomic E-state index is -0.509. The molecule has 0 aliphatic carbocycles. The van der Waals surface area contributed by atoms with E-state index in [1.807, 2.05) is 11.4 Å². The van der Waals surface area contributed by atoms with Crippen LogP contribution in [-0.4, -0.2) is 10.9 Å². The number of hydrogen-bond donors (Lipinski definition) is 1. The molecule has 4 nitrogen and oxygen atoms in total. The lowest BCUT2D eigenvalue weighted by Crippen LogP contribution is -2.11. The molecule has 1 amide bonds. The van der Waals surface area contributed by atoms with Crippen molar-refractivity contribution in [2.24, 2.45) is 5.73 Å². The average molecular weight is 323 g/mol. The number of thiophene rings is 1. The zero-order valence-electron chi connectivity index (χ0n) is 9.01. The Hall–Kier alpha value is -1.66. The number of oxazole rings is 1. The highest BCUT2D eigenvalue weighted by atomic mass is 79.9. The number of rotatable bonds is 2. The number of fused-ring (bicyclic) bond motifs is 1. The Morgan fingerprint density at radius 2 is 2.22 bits per heavy atom. The summed E-state index contributed by atoms with van der Waals surface area (Å²) in [7, 11) is 0. The zero-order chi connectivity index (χ0) is 12.7. The molecule has 1 aromatic carbocycles. The lowest BCUT2D eigenvalue weighted by atomic mass is 10.2. The van der Waals surface area contributed by atoms with Crippen molar-refractivity contribution >= 4 is 44.3 Å². The van der Waals surface area contributed by atoms with Crippen LogP contribution >= 0.6 is 27.3 Å². The van der Waals surface area contributed by atoms with E-state index >= 15 is 0 Å². The first-order chi connectivity index (χ1) is 8.66. The minimum absolute atomic E-state index is 0.371. The monoisotopic (exact) mass is 322 g/mol. The fraction of sp³-hybridized carbons (Fsp3) is 0. The van der Waals surface area contributed by atoms with Crippen molar-refractivity contribution in [2.75, 3.05) is 0 Å². The molecule has 0 aliphatic rings. The van der Waals surface area contributed by atoms with Gasteiger partial charge >= 0.3 is 0 Å². The summed E-state index contributed by atoms with van der Waals surface area (Å²) in [6.07, 6.45) is 0. The third-order valence-electron chi connectivity index (χ3n) is 2.50. The van der Waals surface area contributed by atoms with Crippen LogP contribution in [0.2, 0.25) is 0 Å². The van der Waals surface area contributed by atoms with Crippen LogP contribution in [0.15, 0.2) is 38.5 Å². The highest BCUT2D eigenvalue weighted by Gasteiger charge is 2.16. The van der Waals surface area contributed by atoms with E-state index in [0.717, 1.165) is 9.35 Å². The number of para-hydroxylation sites is 1. The van der Waals surface area contributed by atoms with E-state index in [2.05, 4.69) is 20.9 Å². The molecule has 0 unspecified atom stereocenters. The topological polar surface area (TPSA) is 69.1 Å². The Kier molecular flexibility index (Phi) is 2.68. The molecule has 2 aromatic heterocycles. The number of aromatic nitrogens is 1. The Morgan fingerprint density at radius 1 is 1.39 bits per heavy atom. The van der Waals surface area contributed by atoms with Crippen LogP contribution in [0, 0.1) is 0 Å². The number of carbonyl (C=O) groups is 1. The predicted molar refractivity (Wildman–Crippen MR) is 73.5 cm³/mol. The summed E-state index contributed by atoms with van der Waals surface area (Å²) >= 11 is 4.94. The van der Waals surface area contributed by atoms with Gasteiger partial charge in [-0.15, -0.1) is 11.3 Å². The van der Waals surface area contributed by atoms with Gasteiger partial charge in [0.15, 0.2) is 5.58 Å². The van der Waals surface area contributed by atoms with Crippen molar-refractivity contribution in [2.45, 2.75) is 0 Å². The molecule has 0 spiro atoms. The molecule has 3 aromatic rings. The smallest absolute Gasteiger partial charge is 0.251 e. The van der Waals surface area contributed by atoms with Crippen molar-refractivity contribution in [1.29, 1.82) is 0 Å². The second-order valence-corrected chi connectivity index (χ2v) is 5.40. The van der Waals surface area contributed by atoms with Gasteiger partial charge in [0.25, 0.3) is 5.91 Å². The Balaban J connectivity index is 2.26. The van der Waals surface area contributed by atoms with Gasteiger partial charge in [-0.1, -0.05) is 6.07 Å². The van der Waals surface area contributed by atoms with Gasteiger partial charge in [-0.25, -0.2) is 4.98 Å². The third kappa shape index (κ3) is 1.74. The molecule has 2 N–H and O–H groups in total. The molecule has 0 bridgehead atoms. The number of halogens is 1. The van der Waals surface area contributed by atoms with Gasteiger partial charge < -0.3 is 10.2 Å². The number of nitrogens with two attached hydrogens (primary N) is 1. The van der Waals surface area contributed by atoms with E-state index in [1.54, 1.807) is 18.2 Å². The second-order valence-electron chi connectivity index (χ2n) is 3.63. The molecular weight excluding hydrogens is 316 g/mol. The summed E-state index contributed by atoms with van der Waals surface area (Å²) in [6.45, 7) is 0. The van der Waals surface area contributed by atoms with Crippen LogP contribution in [0.5, 0.6) is 0 Å². The molecule has 0 atom stereocenters. The van der Waals surface area contributed by atoms with Gasteiger partial charge in [0, 0.05) is 4.47 Å². The fourth-order valence-electron chi connectivity index (χ4n) is 1.69. The number of primary amides is 1. The summed E-state index contributed by atoms with van der Waals surface area (Å²) in [6, 6.07) is 7.05. The normalized spacial score (nSPS) is 10.9. The molecule has 3 rings (SSSR count). The molecule has 2 heterocycles. The van der Waals surface area contributed by atoms with Gasteiger partial charge in [0.1, 0.15) is 10.4 Å². The molecule has 18 heavy (non-hydrogen) atoms. The van der Waals surface area contributed by atoms with E-state index in [9.17, 15) is 4.79 Å².